The molecular weight excluding hydrogens is 510 g/mol. The van der Waals surface area contributed by atoms with Crippen molar-refractivity contribution in [2.24, 2.45) is 0 Å². The molecular formula is C28H35N9O3. The van der Waals surface area contributed by atoms with E-state index in [9.17, 15) is 14.4 Å². The summed E-state index contributed by atoms with van der Waals surface area (Å²) in [6.45, 7) is 2.56. The lowest BCUT2D eigenvalue weighted by atomic mass is 10.1. The molecule has 1 saturated carbocycles. The molecule has 1 saturated heterocycles. The van der Waals surface area contributed by atoms with E-state index < -0.39 is 5.91 Å². The van der Waals surface area contributed by atoms with Crippen molar-refractivity contribution in [1.82, 2.24) is 40.1 Å². The second-order valence-corrected chi connectivity index (χ2v) is 10.8. The van der Waals surface area contributed by atoms with Crippen LogP contribution >= 0.6 is 0 Å². The van der Waals surface area contributed by atoms with E-state index >= 15 is 0 Å². The molecule has 0 atom stereocenters. The fourth-order valence-corrected chi connectivity index (χ4v) is 5.23. The maximum atomic E-state index is 13.3. The Kier molecular flexibility index (Phi) is 7.47. The number of hydrogen-bond donors (Lipinski definition) is 3. The van der Waals surface area contributed by atoms with Crippen LogP contribution in [0, 0.1) is 0 Å². The highest BCUT2D eigenvalue weighted by atomic mass is 16.2. The topological polar surface area (TPSA) is 139 Å². The normalized spacial score (nSPS) is 19.1. The Bertz CT molecular complexity index is 1390. The Balaban J connectivity index is 1.22. The Morgan fingerprint density at radius 1 is 0.925 bits per heavy atom. The monoisotopic (exact) mass is 545 g/mol. The number of aryl methyl sites for hydroxylation is 1. The Labute approximate surface area is 232 Å². The zero-order chi connectivity index (χ0) is 27.5. The molecule has 0 radical (unpaired) electrons. The summed E-state index contributed by atoms with van der Waals surface area (Å²) >= 11 is 0. The van der Waals surface area contributed by atoms with Crippen LogP contribution in [0.4, 0.5) is 10.5 Å². The summed E-state index contributed by atoms with van der Waals surface area (Å²) in [6, 6.07) is 5.62. The predicted octanol–water partition coefficient (Wildman–Crippen LogP) is 3.21. The molecule has 2 aliphatic heterocycles. The average Bonchev–Trinajstić information content (AvgIpc) is 3.48. The number of anilines is 1. The molecule has 3 N–H and O–H groups in total. The smallest absolute Gasteiger partial charge is 0.317 e. The number of nitrogens with zero attached hydrogens (tertiary/aromatic N) is 6. The first-order valence-corrected chi connectivity index (χ1v) is 14.3. The summed E-state index contributed by atoms with van der Waals surface area (Å²) in [5.74, 6) is -0.739. The van der Waals surface area contributed by atoms with E-state index in [1.807, 2.05) is 21.8 Å². The Hall–Kier alpha value is -4.22. The van der Waals surface area contributed by atoms with Crippen LogP contribution in [0.15, 0.2) is 36.8 Å². The number of carbonyl (C=O) groups is 3. The van der Waals surface area contributed by atoms with E-state index in [4.69, 9.17) is 0 Å². The summed E-state index contributed by atoms with van der Waals surface area (Å²) in [6.07, 6.45) is 12.9. The van der Waals surface area contributed by atoms with Gasteiger partial charge in [0.05, 0.1) is 23.6 Å². The number of hydrogen-bond acceptors (Lipinski definition) is 6. The highest BCUT2D eigenvalue weighted by Gasteiger charge is 2.30. The number of nitrogens with one attached hydrogen (secondary N) is 3. The molecule has 40 heavy (non-hydrogen) atoms. The van der Waals surface area contributed by atoms with Gasteiger partial charge in [-0.25, -0.2) is 9.78 Å². The number of fused-ring (bicyclic) bond motifs is 6. The quantitative estimate of drug-likeness (QED) is 0.452. The van der Waals surface area contributed by atoms with Crippen molar-refractivity contribution in [2.45, 2.75) is 70.0 Å². The minimum atomic E-state index is -0.421. The maximum Gasteiger partial charge on any atom is 0.317 e. The van der Waals surface area contributed by atoms with Gasteiger partial charge in [-0.05, 0) is 50.7 Å². The highest BCUT2D eigenvalue weighted by molar-refractivity contribution is 6.07. The first kappa shape index (κ1) is 26.0. The number of piperidine rings is 1. The molecule has 1 aliphatic carbocycles. The second-order valence-electron chi connectivity index (χ2n) is 10.8. The van der Waals surface area contributed by atoms with Crippen molar-refractivity contribution < 1.29 is 14.4 Å². The second kappa shape index (κ2) is 11.5. The van der Waals surface area contributed by atoms with E-state index in [2.05, 4.69) is 31.1 Å². The molecule has 12 nitrogen and oxygen atoms in total. The third-order valence-electron chi connectivity index (χ3n) is 7.74. The van der Waals surface area contributed by atoms with Crippen LogP contribution in [-0.2, 0) is 6.54 Å². The summed E-state index contributed by atoms with van der Waals surface area (Å²) < 4.78 is 3.67. The molecule has 3 aromatic rings. The minimum Gasteiger partial charge on any atom is -0.351 e. The molecule has 3 aromatic heterocycles. The number of urea groups is 1. The molecule has 0 unspecified atom stereocenters. The van der Waals surface area contributed by atoms with E-state index in [0.29, 0.717) is 49.9 Å². The number of likely N-dealkylation sites (tertiary alicyclic amines) is 1. The van der Waals surface area contributed by atoms with E-state index in [0.717, 1.165) is 50.6 Å². The summed E-state index contributed by atoms with van der Waals surface area (Å²) in [7, 11) is 0. The number of rotatable bonds is 2. The van der Waals surface area contributed by atoms with Crippen LogP contribution in [-0.4, -0.2) is 73.0 Å². The highest BCUT2D eigenvalue weighted by Crippen LogP contribution is 2.27. The number of pyridine rings is 1. The van der Waals surface area contributed by atoms with Gasteiger partial charge in [-0.2, -0.15) is 10.2 Å². The van der Waals surface area contributed by atoms with Gasteiger partial charge in [-0.3, -0.25) is 19.0 Å². The van der Waals surface area contributed by atoms with Crippen LogP contribution < -0.4 is 16.0 Å². The molecule has 0 aromatic carbocycles. The van der Waals surface area contributed by atoms with Gasteiger partial charge in [0.1, 0.15) is 5.69 Å². The van der Waals surface area contributed by atoms with Gasteiger partial charge >= 0.3 is 6.03 Å². The van der Waals surface area contributed by atoms with E-state index in [-0.39, 0.29) is 29.4 Å². The summed E-state index contributed by atoms with van der Waals surface area (Å²) in [4.78, 5) is 45.3. The predicted molar refractivity (Wildman–Crippen MR) is 148 cm³/mol. The van der Waals surface area contributed by atoms with Crippen molar-refractivity contribution in [1.29, 1.82) is 0 Å². The molecule has 0 spiro atoms. The van der Waals surface area contributed by atoms with Crippen LogP contribution in [0.25, 0.3) is 11.3 Å². The van der Waals surface area contributed by atoms with Gasteiger partial charge in [-0.1, -0.05) is 18.9 Å². The number of carbonyl (C=O) groups excluding carboxylic acids is 3. The van der Waals surface area contributed by atoms with Crippen LogP contribution in [0.3, 0.4) is 0 Å². The fourth-order valence-electron chi connectivity index (χ4n) is 5.23. The molecule has 2 fully saturated rings. The summed E-state index contributed by atoms with van der Waals surface area (Å²) in [5, 5.41) is 18.0. The van der Waals surface area contributed by atoms with E-state index in [1.165, 1.54) is 0 Å². The number of aromatic nitrogens is 5. The van der Waals surface area contributed by atoms with Gasteiger partial charge in [0, 0.05) is 50.2 Å². The number of amides is 4. The zero-order valence-corrected chi connectivity index (χ0v) is 22.5. The van der Waals surface area contributed by atoms with E-state index in [1.54, 1.807) is 29.2 Å². The molecule has 210 valence electrons. The standard InChI is InChI=1S/C28H35N9O3/c38-26-23-7-5-6-22(32-23)19-16-30-36(17-19)13-4-2-1-3-12-29-27(39)25-24(33-26)18-37(34-25)21-10-14-35(15-11-21)28(40)31-20-8-9-20/h5-7,16-18,20-21H,1-4,8-15H2,(H,29,39)(H,31,40)(H,33,38). The Morgan fingerprint density at radius 2 is 1.73 bits per heavy atom. The lowest BCUT2D eigenvalue weighted by molar-refractivity contribution is 0.0947. The fraction of sp³-hybridized carbons (Fsp3) is 0.500. The Morgan fingerprint density at radius 3 is 2.55 bits per heavy atom. The lowest BCUT2D eigenvalue weighted by Crippen LogP contribution is -2.45. The third-order valence-corrected chi connectivity index (χ3v) is 7.74. The van der Waals surface area contributed by atoms with Crippen molar-refractivity contribution >= 4 is 23.5 Å². The van der Waals surface area contributed by atoms with Gasteiger partial charge in [0.2, 0.25) is 0 Å². The minimum absolute atomic E-state index is 0.00752. The van der Waals surface area contributed by atoms with Gasteiger partial charge in [0.15, 0.2) is 5.69 Å². The van der Waals surface area contributed by atoms with Crippen molar-refractivity contribution in [2.75, 3.05) is 25.0 Å². The summed E-state index contributed by atoms with van der Waals surface area (Å²) in [5.41, 5.74) is 2.27. The van der Waals surface area contributed by atoms with Gasteiger partial charge < -0.3 is 20.9 Å². The first-order valence-electron chi connectivity index (χ1n) is 14.3. The molecule has 3 aliphatic rings. The van der Waals surface area contributed by atoms with Crippen molar-refractivity contribution in [3.05, 3.63) is 48.2 Å². The first-order chi connectivity index (χ1) is 19.5. The maximum absolute atomic E-state index is 13.3. The molecule has 5 heterocycles. The molecule has 6 rings (SSSR count). The van der Waals surface area contributed by atoms with Gasteiger partial charge in [0.25, 0.3) is 11.8 Å². The largest absolute Gasteiger partial charge is 0.351 e. The van der Waals surface area contributed by atoms with Crippen molar-refractivity contribution in [3.63, 3.8) is 0 Å². The molecule has 4 amide bonds. The van der Waals surface area contributed by atoms with Crippen LogP contribution in [0.2, 0.25) is 0 Å². The van der Waals surface area contributed by atoms with Crippen LogP contribution in [0.5, 0.6) is 0 Å². The average molecular weight is 546 g/mol. The van der Waals surface area contributed by atoms with Crippen molar-refractivity contribution in [3.8, 4) is 11.3 Å². The lowest BCUT2D eigenvalue weighted by Gasteiger charge is -2.32. The SMILES string of the molecule is O=C1Nc2cn(C3CCN(C(=O)NC4CC4)CC3)nc2C(=O)NCCCCCCn2cc(cn2)-c2cccc1n2. The van der Waals surface area contributed by atoms with Crippen LogP contribution in [0.1, 0.15) is 78.4 Å². The molecule has 4 bridgehead atoms. The zero-order valence-electron chi connectivity index (χ0n) is 22.5. The molecule has 12 heteroatoms. The van der Waals surface area contributed by atoms with Gasteiger partial charge in [-0.15, -0.1) is 0 Å². The third kappa shape index (κ3) is 6.00.